The van der Waals surface area contributed by atoms with Crippen molar-refractivity contribution in [2.75, 3.05) is 18.6 Å². The lowest BCUT2D eigenvalue weighted by Gasteiger charge is -2.19. The lowest BCUT2D eigenvalue weighted by atomic mass is 10.0. The third kappa shape index (κ3) is 5.59. The molecule has 0 radical (unpaired) electrons. The van der Waals surface area contributed by atoms with Gasteiger partial charge in [-0.15, -0.1) is 0 Å². The first kappa shape index (κ1) is 15.8. The van der Waals surface area contributed by atoms with Crippen molar-refractivity contribution in [3.8, 4) is 0 Å². The molecule has 1 N–H and O–H groups in total. The van der Waals surface area contributed by atoms with Crippen molar-refractivity contribution in [1.29, 1.82) is 0 Å². The Kier molecular flexibility index (Phi) is 7.71. The predicted octanol–water partition coefficient (Wildman–Crippen LogP) is 4.14. The molecule has 0 saturated carbocycles. The second kappa shape index (κ2) is 8.78. The van der Waals surface area contributed by atoms with E-state index >= 15 is 0 Å². The van der Waals surface area contributed by atoms with Crippen molar-refractivity contribution in [1.82, 2.24) is 5.32 Å². The zero-order chi connectivity index (χ0) is 13.4. The van der Waals surface area contributed by atoms with Gasteiger partial charge < -0.3 is 5.32 Å². The van der Waals surface area contributed by atoms with Gasteiger partial charge in [-0.1, -0.05) is 18.5 Å². The molecule has 1 unspecified atom stereocenters. The summed E-state index contributed by atoms with van der Waals surface area (Å²) >= 11 is 7.94. The van der Waals surface area contributed by atoms with E-state index in [1.54, 1.807) is 12.1 Å². The van der Waals surface area contributed by atoms with Gasteiger partial charge in [-0.25, -0.2) is 4.39 Å². The van der Waals surface area contributed by atoms with Crippen LogP contribution in [0.25, 0.3) is 0 Å². The summed E-state index contributed by atoms with van der Waals surface area (Å²) in [5.74, 6) is 0.891. The van der Waals surface area contributed by atoms with Crippen molar-refractivity contribution in [3.05, 3.63) is 34.6 Å². The van der Waals surface area contributed by atoms with Crippen LogP contribution in [0.15, 0.2) is 18.2 Å². The van der Waals surface area contributed by atoms with E-state index in [1.807, 2.05) is 11.8 Å². The average molecular weight is 290 g/mol. The fourth-order valence-corrected chi connectivity index (χ4v) is 2.56. The maximum atomic E-state index is 13.2. The molecular weight excluding hydrogens is 269 g/mol. The first-order chi connectivity index (χ1) is 8.67. The number of benzene rings is 1. The van der Waals surface area contributed by atoms with Gasteiger partial charge in [0.15, 0.2) is 0 Å². The Labute approximate surface area is 118 Å². The highest BCUT2D eigenvalue weighted by molar-refractivity contribution is 7.98. The molecule has 0 aliphatic rings. The van der Waals surface area contributed by atoms with Gasteiger partial charge >= 0.3 is 0 Å². The second-order valence-corrected chi connectivity index (χ2v) is 5.77. The van der Waals surface area contributed by atoms with Crippen molar-refractivity contribution < 1.29 is 4.39 Å². The van der Waals surface area contributed by atoms with E-state index in [-0.39, 0.29) is 5.82 Å². The van der Waals surface area contributed by atoms with Crippen molar-refractivity contribution >= 4 is 23.4 Å². The minimum Gasteiger partial charge on any atom is -0.314 e. The molecule has 0 saturated heterocycles. The molecule has 1 nitrogen and oxygen atoms in total. The van der Waals surface area contributed by atoms with E-state index < -0.39 is 0 Å². The Morgan fingerprint density at radius 1 is 1.44 bits per heavy atom. The highest BCUT2D eigenvalue weighted by Crippen LogP contribution is 2.20. The molecule has 0 amide bonds. The number of hydrogen-bond donors (Lipinski definition) is 1. The molecular formula is C14H21ClFNS. The fourth-order valence-electron chi connectivity index (χ4n) is 1.85. The molecule has 1 rings (SSSR count). The maximum Gasteiger partial charge on any atom is 0.123 e. The van der Waals surface area contributed by atoms with E-state index in [2.05, 4.69) is 18.5 Å². The molecule has 0 spiro atoms. The topological polar surface area (TPSA) is 12.0 Å². The van der Waals surface area contributed by atoms with Gasteiger partial charge in [0, 0.05) is 11.1 Å². The molecule has 1 atom stereocenters. The van der Waals surface area contributed by atoms with Crippen LogP contribution in [-0.2, 0) is 6.42 Å². The number of nitrogens with one attached hydrogen (secondary N) is 1. The second-order valence-electron chi connectivity index (χ2n) is 4.37. The molecule has 1 aromatic rings. The number of rotatable bonds is 8. The smallest absolute Gasteiger partial charge is 0.123 e. The minimum absolute atomic E-state index is 0.214. The molecule has 18 heavy (non-hydrogen) atoms. The highest BCUT2D eigenvalue weighted by Gasteiger charge is 2.11. The minimum atomic E-state index is -0.214. The average Bonchev–Trinajstić information content (AvgIpc) is 2.37. The zero-order valence-corrected chi connectivity index (χ0v) is 12.6. The zero-order valence-electron chi connectivity index (χ0n) is 11.0. The maximum absolute atomic E-state index is 13.2. The van der Waals surface area contributed by atoms with Crippen LogP contribution < -0.4 is 5.32 Å². The summed E-state index contributed by atoms with van der Waals surface area (Å²) in [5, 5.41) is 4.16. The van der Waals surface area contributed by atoms with Gasteiger partial charge in [-0.05, 0) is 61.6 Å². The van der Waals surface area contributed by atoms with E-state index in [9.17, 15) is 4.39 Å². The Bertz CT molecular complexity index is 352. The lowest BCUT2D eigenvalue weighted by Crippen LogP contribution is -2.32. The van der Waals surface area contributed by atoms with Crippen LogP contribution in [0.1, 0.15) is 25.3 Å². The van der Waals surface area contributed by atoms with Crippen LogP contribution in [0.2, 0.25) is 5.02 Å². The molecule has 1 aromatic carbocycles. The van der Waals surface area contributed by atoms with Gasteiger partial charge in [0.05, 0.1) is 0 Å². The van der Waals surface area contributed by atoms with E-state index in [4.69, 9.17) is 11.6 Å². The normalized spacial score (nSPS) is 12.7. The van der Waals surface area contributed by atoms with Crippen molar-refractivity contribution in [2.45, 2.75) is 32.2 Å². The van der Waals surface area contributed by atoms with Gasteiger partial charge in [0.25, 0.3) is 0 Å². The van der Waals surface area contributed by atoms with Crippen LogP contribution in [0.5, 0.6) is 0 Å². The van der Waals surface area contributed by atoms with Gasteiger partial charge in [-0.3, -0.25) is 0 Å². The summed E-state index contributed by atoms with van der Waals surface area (Å²) in [6.45, 7) is 3.14. The summed E-state index contributed by atoms with van der Waals surface area (Å²) in [4.78, 5) is 0. The van der Waals surface area contributed by atoms with Gasteiger partial charge in [0.2, 0.25) is 0 Å². The highest BCUT2D eigenvalue weighted by atomic mass is 35.5. The summed E-state index contributed by atoms with van der Waals surface area (Å²) in [7, 11) is 0. The summed E-state index contributed by atoms with van der Waals surface area (Å²) in [6.07, 6.45) is 5.07. The summed E-state index contributed by atoms with van der Waals surface area (Å²) in [5.41, 5.74) is 0.895. The monoisotopic (exact) mass is 289 g/mol. The van der Waals surface area contributed by atoms with Crippen molar-refractivity contribution in [2.24, 2.45) is 0 Å². The first-order valence-corrected chi connectivity index (χ1v) is 8.10. The fraction of sp³-hybridized carbons (Fsp3) is 0.571. The number of hydrogen-bond acceptors (Lipinski definition) is 2. The number of thioether (sulfide) groups is 1. The van der Waals surface area contributed by atoms with Crippen molar-refractivity contribution in [3.63, 3.8) is 0 Å². The SMILES string of the molecule is CCCNC(CCSC)Cc1cc(F)ccc1Cl. The van der Waals surface area contributed by atoms with Crippen LogP contribution in [0, 0.1) is 5.82 Å². The molecule has 0 aromatic heterocycles. The number of halogens is 2. The first-order valence-electron chi connectivity index (χ1n) is 6.33. The third-order valence-corrected chi connectivity index (χ3v) is 3.84. The Morgan fingerprint density at radius 2 is 2.22 bits per heavy atom. The molecule has 0 heterocycles. The standard InChI is InChI=1S/C14H21ClFNS/c1-3-7-17-13(6-8-18-2)10-11-9-12(16)4-5-14(11)15/h4-5,9,13,17H,3,6-8,10H2,1-2H3. The molecule has 102 valence electrons. The quantitative estimate of drug-likeness (QED) is 0.772. The van der Waals surface area contributed by atoms with E-state index in [0.717, 1.165) is 37.1 Å². The third-order valence-electron chi connectivity index (χ3n) is 2.83. The molecule has 0 fully saturated rings. The summed E-state index contributed by atoms with van der Waals surface area (Å²) in [6, 6.07) is 4.96. The molecule has 0 bridgehead atoms. The van der Waals surface area contributed by atoms with Gasteiger partial charge in [0.1, 0.15) is 5.82 Å². The Balaban J connectivity index is 2.65. The van der Waals surface area contributed by atoms with Crippen LogP contribution in [-0.4, -0.2) is 24.6 Å². The largest absolute Gasteiger partial charge is 0.314 e. The molecule has 4 heteroatoms. The van der Waals surface area contributed by atoms with Crippen LogP contribution in [0.4, 0.5) is 4.39 Å². The van der Waals surface area contributed by atoms with Gasteiger partial charge in [-0.2, -0.15) is 11.8 Å². The van der Waals surface area contributed by atoms with Crippen LogP contribution >= 0.6 is 23.4 Å². The lowest BCUT2D eigenvalue weighted by molar-refractivity contribution is 0.496. The summed E-state index contributed by atoms with van der Waals surface area (Å²) < 4.78 is 13.2. The van der Waals surface area contributed by atoms with E-state index in [1.165, 1.54) is 6.07 Å². The van der Waals surface area contributed by atoms with Crippen LogP contribution in [0.3, 0.4) is 0 Å². The van der Waals surface area contributed by atoms with E-state index in [0.29, 0.717) is 11.1 Å². The Hall–Kier alpha value is -0.250. The molecule has 0 aliphatic heterocycles. The molecule has 0 aliphatic carbocycles. The predicted molar refractivity (Wildman–Crippen MR) is 80.2 cm³/mol. The Morgan fingerprint density at radius 3 is 2.89 bits per heavy atom.